The van der Waals surface area contributed by atoms with Gasteiger partial charge in [-0.05, 0) is 45.1 Å². The van der Waals surface area contributed by atoms with Crippen LogP contribution in [-0.4, -0.2) is 56.8 Å². The highest BCUT2D eigenvalue weighted by Crippen LogP contribution is 2.45. The zero-order chi connectivity index (χ0) is 21.8. The zero-order valence-corrected chi connectivity index (χ0v) is 19.4. The van der Waals surface area contributed by atoms with Crippen molar-refractivity contribution < 1.29 is 27.8 Å². The van der Waals surface area contributed by atoms with E-state index in [2.05, 4.69) is 19.6 Å². The molecule has 0 aliphatic heterocycles. The maximum Gasteiger partial charge on any atom is 0.410 e. The Bertz CT molecular complexity index is 535. The first-order chi connectivity index (χ1) is 12.6. The van der Waals surface area contributed by atoms with Crippen LogP contribution in [0.4, 0.5) is 13.6 Å². The van der Waals surface area contributed by atoms with Crippen molar-refractivity contribution >= 4 is 20.1 Å². The Morgan fingerprint density at radius 2 is 1.79 bits per heavy atom. The number of rotatable bonds is 9. The van der Waals surface area contributed by atoms with Crippen molar-refractivity contribution in [2.24, 2.45) is 11.8 Å². The van der Waals surface area contributed by atoms with Crippen molar-refractivity contribution in [3.05, 3.63) is 0 Å². The second-order valence-corrected chi connectivity index (χ2v) is 15.9. The minimum atomic E-state index is -2.59. The molecule has 28 heavy (non-hydrogen) atoms. The third-order valence-electron chi connectivity index (χ3n) is 4.65. The van der Waals surface area contributed by atoms with E-state index >= 15 is 0 Å². The van der Waals surface area contributed by atoms with Crippen LogP contribution in [0.25, 0.3) is 0 Å². The van der Waals surface area contributed by atoms with Crippen LogP contribution in [0.15, 0.2) is 0 Å². The SMILES string of the molecule is CN(CC(CC(=O)OCC[Si](C)(C)C)CC1CC(F)(F)C1)C(=O)OC(C)(C)C. The number of amides is 1. The van der Waals surface area contributed by atoms with Crippen molar-refractivity contribution in [1.82, 2.24) is 4.90 Å². The lowest BCUT2D eigenvalue weighted by atomic mass is 9.75. The van der Waals surface area contributed by atoms with E-state index in [4.69, 9.17) is 9.47 Å². The van der Waals surface area contributed by atoms with Gasteiger partial charge in [-0.25, -0.2) is 13.6 Å². The van der Waals surface area contributed by atoms with E-state index in [0.29, 0.717) is 13.0 Å². The van der Waals surface area contributed by atoms with Crippen molar-refractivity contribution in [3.8, 4) is 0 Å². The van der Waals surface area contributed by atoms with Crippen molar-refractivity contribution in [1.29, 1.82) is 0 Å². The largest absolute Gasteiger partial charge is 0.466 e. The summed E-state index contributed by atoms with van der Waals surface area (Å²) in [6, 6.07) is 0.885. The van der Waals surface area contributed by atoms with Gasteiger partial charge in [-0.3, -0.25) is 4.79 Å². The summed E-state index contributed by atoms with van der Waals surface area (Å²) in [7, 11) is 0.307. The van der Waals surface area contributed by atoms with Gasteiger partial charge in [0.05, 0.1) is 13.0 Å². The number of esters is 1. The first kappa shape index (κ1) is 24.9. The number of hydrogen-bond acceptors (Lipinski definition) is 4. The van der Waals surface area contributed by atoms with Gasteiger partial charge in [0.2, 0.25) is 5.92 Å². The van der Waals surface area contributed by atoms with Gasteiger partial charge in [0.1, 0.15) is 5.60 Å². The van der Waals surface area contributed by atoms with E-state index in [0.717, 1.165) is 6.04 Å². The molecular weight excluding hydrogens is 384 g/mol. The molecule has 1 unspecified atom stereocenters. The fraction of sp³-hybridized carbons (Fsp3) is 0.900. The minimum absolute atomic E-state index is 0.123. The molecule has 0 heterocycles. The Morgan fingerprint density at radius 3 is 2.25 bits per heavy atom. The molecule has 1 aliphatic carbocycles. The maximum atomic E-state index is 13.2. The van der Waals surface area contributed by atoms with E-state index in [-0.39, 0.29) is 43.6 Å². The second kappa shape index (κ2) is 9.54. The number of halogens is 2. The quantitative estimate of drug-likeness (QED) is 0.380. The summed E-state index contributed by atoms with van der Waals surface area (Å²) >= 11 is 0. The lowest BCUT2D eigenvalue weighted by Gasteiger charge is -2.37. The van der Waals surface area contributed by atoms with Crippen LogP contribution in [0.1, 0.15) is 46.5 Å². The molecule has 0 saturated heterocycles. The molecule has 5 nitrogen and oxygen atoms in total. The van der Waals surface area contributed by atoms with Crippen LogP contribution in [0, 0.1) is 11.8 Å². The number of carbonyl (C=O) groups is 2. The van der Waals surface area contributed by atoms with Crippen LogP contribution in [0.3, 0.4) is 0 Å². The third kappa shape index (κ3) is 10.4. The van der Waals surface area contributed by atoms with Gasteiger partial charge in [0.25, 0.3) is 0 Å². The van der Waals surface area contributed by atoms with E-state index < -0.39 is 25.7 Å². The topological polar surface area (TPSA) is 55.8 Å². The highest BCUT2D eigenvalue weighted by Gasteiger charge is 2.46. The first-order valence-corrected chi connectivity index (χ1v) is 13.7. The van der Waals surface area contributed by atoms with Crippen LogP contribution in [-0.2, 0) is 14.3 Å². The van der Waals surface area contributed by atoms with Crippen LogP contribution in [0.2, 0.25) is 25.7 Å². The van der Waals surface area contributed by atoms with Crippen LogP contribution in [0.5, 0.6) is 0 Å². The number of hydrogen-bond donors (Lipinski definition) is 0. The molecule has 1 saturated carbocycles. The number of ether oxygens (including phenoxy) is 2. The van der Waals surface area contributed by atoms with Crippen molar-refractivity contribution in [2.75, 3.05) is 20.2 Å². The summed E-state index contributed by atoms with van der Waals surface area (Å²) in [5, 5.41) is 0. The lowest BCUT2D eigenvalue weighted by Crippen LogP contribution is -2.40. The molecular formula is C20H37F2NO4Si. The Hall–Kier alpha value is -1.18. The molecule has 0 spiro atoms. The molecule has 8 heteroatoms. The van der Waals surface area contributed by atoms with E-state index in [1.54, 1.807) is 27.8 Å². The number of carbonyl (C=O) groups excluding carboxylic acids is 2. The Kier molecular flexibility index (Phi) is 8.47. The van der Waals surface area contributed by atoms with E-state index in [1.807, 2.05) is 0 Å². The molecule has 0 radical (unpaired) electrons. The molecule has 0 bridgehead atoms. The molecule has 1 atom stereocenters. The highest BCUT2D eigenvalue weighted by molar-refractivity contribution is 6.76. The second-order valence-electron chi connectivity index (χ2n) is 10.3. The number of nitrogens with zero attached hydrogens (tertiary/aromatic N) is 1. The van der Waals surface area contributed by atoms with Gasteiger partial charge in [-0.1, -0.05) is 19.6 Å². The molecule has 1 aliphatic rings. The molecule has 0 N–H and O–H groups in total. The van der Waals surface area contributed by atoms with E-state index in [9.17, 15) is 18.4 Å². The summed E-state index contributed by atoms with van der Waals surface area (Å²) < 4.78 is 37.1. The van der Waals surface area contributed by atoms with Crippen LogP contribution >= 0.6 is 0 Å². The van der Waals surface area contributed by atoms with Gasteiger partial charge in [0.15, 0.2) is 0 Å². The van der Waals surface area contributed by atoms with E-state index in [1.165, 1.54) is 4.90 Å². The third-order valence-corrected chi connectivity index (χ3v) is 6.35. The van der Waals surface area contributed by atoms with Crippen molar-refractivity contribution in [3.63, 3.8) is 0 Å². The monoisotopic (exact) mass is 421 g/mol. The van der Waals surface area contributed by atoms with Gasteiger partial charge >= 0.3 is 12.1 Å². The maximum absolute atomic E-state index is 13.2. The summed E-state index contributed by atoms with van der Waals surface area (Å²) in [6.07, 6.45) is -0.176. The molecule has 1 rings (SSSR count). The number of alkyl halides is 2. The predicted octanol–water partition coefficient (Wildman–Crippen LogP) is 5.18. The fourth-order valence-corrected chi connectivity index (χ4v) is 3.93. The summed E-state index contributed by atoms with van der Waals surface area (Å²) in [4.78, 5) is 25.9. The Balaban J connectivity index is 2.60. The molecule has 0 aromatic rings. The molecule has 0 aromatic heterocycles. The molecule has 1 amide bonds. The molecule has 1 fully saturated rings. The average Bonchev–Trinajstić information content (AvgIpc) is 2.41. The molecule has 164 valence electrons. The highest BCUT2D eigenvalue weighted by atomic mass is 28.3. The van der Waals surface area contributed by atoms with Gasteiger partial charge < -0.3 is 14.4 Å². The minimum Gasteiger partial charge on any atom is -0.466 e. The average molecular weight is 422 g/mol. The molecule has 0 aromatic carbocycles. The summed E-state index contributed by atoms with van der Waals surface area (Å²) in [6.45, 7) is 12.6. The standard InChI is InChI=1S/C20H37F2NO4Si/c1-19(2,3)27-18(25)23(4)14-15(10-16-12-20(21,22)13-16)11-17(24)26-8-9-28(5,6)7/h15-16H,8-14H2,1-7H3. The predicted molar refractivity (Wildman–Crippen MR) is 108 cm³/mol. The lowest BCUT2D eigenvalue weighted by molar-refractivity contribution is -0.145. The zero-order valence-electron chi connectivity index (χ0n) is 18.4. The smallest absolute Gasteiger partial charge is 0.410 e. The first-order valence-electron chi connectivity index (χ1n) is 10.0. The van der Waals surface area contributed by atoms with Crippen LogP contribution < -0.4 is 0 Å². The fourth-order valence-electron chi connectivity index (χ4n) is 3.21. The summed E-state index contributed by atoms with van der Waals surface area (Å²) in [5.41, 5.74) is -0.618. The van der Waals surface area contributed by atoms with Gasteiger partial charge in [-0.2, -0.15) is 0 Å². The van der Waals surface area contributed by atoms with Gasteiger partial charge in [-0.15, -0.1) is 0 Å². The van der Waals surface area contributed by atoms with Gasteiger partial charge in [0, 0.05) is 34.5 Å². The summed E-state index contributed by atoms with van der Waals surface area (Å²) in [5.74, 6) is -3.27. The normalized spacial score (nSPS) is 18.2. The Labute approximate surface area is 169 Å². The Morgan fingerprint density at radius 1 is 1.21 bits per heavy atom. The van der Waals surface area contributed by atoms with Crippen molar-refractivity contribution in [2.45, 2.75) is 83.7 Å².